The summed E-state index contributed by atoms with van der Waals surface area (Å²) in [5.74, 6) is -1.71. The van der Waals surface area contributed by atoms with Gasteiger partial charge in [0.05, 0.1) is 12.1 Å². The Morgan fingerprint density at radius 3 is 2.29 bits per heavy atom. The van der Waals surface area contributed by atoms with Crippen molar-refractivity contribution in [3.63, 3.8) is 0 Å². The van der Waals surface area contributed by atoms with Crippen LogP contribution in [0.25, 0.3) is 0 Å². The van der Waals surface area contributed by atoms with Crippen molar-refractivity contribution < 1.29 is 19.5 Å². The van der Waals surface area contributed by atoms with Gasteiger partial charge in [-0.15, -0.1) is 0 Å². The van der Waals surface area contributed by atoms with Crippen molar-refractivity contribution in [2.75, 3.05) is 6.61 Å². The molecule has 0 heterocycles. The number of aliphatic hydroxyl groups excluding tert-OH is 1. The number of hydrogen-bond donors (Lipinski definition) is 2. The monoisotopic (exact) mass is 241 g/mol. The third-order valence-electron chi connectivity index (χ3n) is 2.55. The third kappa shape index (κ3) is 4.91. The normalized spacial score (nSPS) is 12.7. The summed E-state index contributed by atoms with van der Waals surface area (Å²) in [7, 11) is 0. The minimum Gasteiger partial charge on any atom is -0.396 e. The van der Waals surface area contributed by atoms with Crippen LogP contribution in [0, 0.1) is 5.92 Å². The van der Waals surface area contributed by atoms with E-state index < -0.39 is 17.4 Å². The highest BCUT2D eigenvalue weighted by Gasteiger charge is 2.31. The van der Waals surface area contributed by atoms with Crippen molar-refractivity contribution in [2.45, 2.75) is 32.7 Å². The molecule has 96 valence electrons. The number of nitrogens with one attached hydrogen (secondary N) is 1. The van der Waals surface area contributed by atoms with Gasteiger partial charge < -0.3 is 10.4 Å². The lowest BCUT2D eigenvalue weighted by Crippen LogP contribution is -2.50. The van der Waals surface area contributed by atoms with Gasteiger partial charge in [-0.3, -0.25) is 14.4 Å². The number of ketones is 2. The largest absolute Gasteiger partial charge is 0.396 e. The molecule has 0 aromatic heterocycles. The van der Waals surface area contributed by atoms with Crippen LogP contribution in [0.4, 0.5) is 0 Å². The molecule has 0 rings (SSSR count). The Morgan fingerprint density at radius 1 is 1.41 bits per heavy atom. The summed E-state index contributed by atoms with van der Waals surface area (Å²) in [6, 6.07) is 0. The molecule has 1 unspecified atom stereocenters. The zero-order chi connectivity index (χ0) is 13.6. The van der Waals surface area contributed by atoms with Gasteiger partial charge in [0.15, 0.2) is 5.78 Å². The summed E-state index contributed by atoms with van der Waals surface area (Å²) in [5.41, 5.74) is -1.08. The number of hydrogen-bond acceptors (Lipinski definition) is 4. The molecule has 5 heteroatoms. The molecule has 0 aliphatic heterocycles. The average Bonchev–Trinajstić information content (AvgIpc) is 2.23. The van der Waals surface area contributed by atoms with Crippen molar-refractivity contribution in [3.8, 4) is 0 Å². The maximum Gasteiger partial charge on any atom is 0.244 e. The van der Waals surface area contributed by atoms with E-state index in [-0.39, 0.29) is 24.6 Å². The summed E-state index contributed by atoms with van der Waals surface area (Å²) in [5, 5.41) is 11.4. The van der Waals surface area contributed by atoms with Crippen molar-refractivity contribution >= 4 is 17.5 Å². The number of amides is 1. The van der Waals surface area contributed by atoms with E-state index in [1.54, 1.807) is 13.8 Å². The van der Waals surface area contributed by atoms with Gasteiger partial charge in [-0.25, -0.2) is 0 Å². The lowest BCUT2D eigenvalue weighted by molar-refractivity contribution is -0.132. The second-order valence-corrected chi connectivity index (χ2v) is 4.44. The number of Topliss-reactive ketones (excluding diaryl/α,β-unsaturated/α-hetero) is 2. The van der Waals surface area contributed by atoms with Crippen LogP contribution in [0.2, 0.25) is 0 Å². The van der Waals surface area contributed by atoms with Gasteiger partial charge in [0.25, 0.3) is 0 Å². The van der Waals surface area contributed by atoms with E-state index in [1.165, 1.54) is 6.92 Å². The van der Waals surface area contributed by atoms with E-state index in [4.69, 9.17) is 5.11 Å². The maximum atomic E-state index is 11.9. The first-order valence-corrected chi connectivity index (χ1v) is 5.33. The number of rotatable bonds is 7. The molecule has 0 bridgehead atoms. The SMILES string of the molecule is C=CC(=O)NC(C)(C)C(=O)CC(CO)C(C)=O. The molecule has 5 nitrogen and oxygen atoms in total. The molecule has 0 aliphatic rings. The molecular formula is C12H19NO4. The molecule has 1 atom stereocenters. The van der Waals surface area contributed by atoms with Gasteiger partial charge in [0.1, 0.15) is 5.78 Å². The van der Waals surface area contributed by atoms with Gasteiger partial charge in [0, 0.05) is 12.3 Å². The highest BCUT2D eigenvalue weighted by atomic mass is 16.3. The fourth-order valence-corrected chi connectivity index (χ4v) is 1.24. The van der Waals surface area contributed by atoms with Gasteiger partial charge in [0.2, 0.25) is 5.91 Å². The van der Waals surface area contributed by atoms with Crippen molar-refractivity contribution in [1.82, 2.24) is 5.32 Å². The second-order valence-electron chi connectivity index (χ2n) is 4.44. The van der Waals surface area contributed by atoms with Crippen LogP contribution in [0.15, 0.2) is 12.7 Å². The van der Waals surface area contributed by atoms with E-state index in [9.17, 15) is 14.4 Å². The Hall–Kier alpha value is -1.49. The zero-order valence-electron chi connectivity index (χ0n) is 10.4. The first-order chi connectivity index (χ1) is 7.74. The van der Waals surface area contributed by atoms with E-state index in [0.717, 1.165) is 6.08 Å². The highest BCUT2D eigenvalue weighted by molar-refractivity contribution is 5.97. The molecule has 17 heavy (non-hydrogen) atoms. The molecule has 0 saturated heterocycles. The van der Waals surface area contributed by atoms with E-state index >= 15 is 0 Å². The van der Waals surface area contributed by atoms with Gasteiger partial charge >= 0.3 is 0 Å². The lowest BCUT2D eigenvalue weighted by Gasteiger charge is -2.25. The fraction of sp³-hybridized carbons (Fsp3) is 0.583. The standard InChI is InChI=1S/C12H19NO4/c1-5-11(17)13-12(3,4)10(16)6-9(7-14)8(2)15/h5,9,14H,1,6-7H2,2-4H3,(H,13,17). The van der Waals surface area contributed by atoms with Crippen LogP contribution in [-0.2, 0) is 14.4 Å². The van der Waals surface area contributed by atoms with E-state index in [2.05, 4.69) is 11.9 Å². The van der Waals surface area contributed by atoms with Crippen molar-refractivity contribution in [3.05, 3.63) is 12.7 Å². The summed E-state index contributed by atoms with van der Waals surface area (Å²) >= 11 is 0. The Balaban J connectivity index is 4.62. The van der Waals surface area contributed by atoms with Crippen LogP contribution >= 0.6 is 0 Å². The van der Waals surface area contributed by atoms with Crippen LogP contribution in [0.3, 0.4) is 0 Å². The first kappa shape index (κ1) is 15.5. The minimum atomic E-state index is -1.08. The van der Waals surface area contributed by atoms with Crippen molar-refractivity contribution in [2.24, 2.45) is 5.92 Å². The molecule has 1 amide bonds. The second kappa shape index (κ2) is 6.30. The van der Waals surface area contributed by atoms with E-state index in [1.807, 2.05) is 0 Å². The zero-order valence-corrected chi connectivity index (χ0v) is 10.4. The van der Waals surface area contributed by atoms with Crippen LogP contribution in [0.1, 0.15) is 27.2 Å². The molecule has 0 aromatic carbocycles. The predicted octanol–water partition coefficient (Wildman–Crippen LogP) is 0.224. The number of carbonyl (C=O) groups excluding carboxylic acids is 3. The highest BCUT2D eigenvalue weighted by Crippen LogP contribution is 2.13. The molecule has 0 saturated carbocycles. The third-order valence-corrected chi connectivity index (χ3v) is 2.55. The predicted molar refractivity (Wildman–Crippen MR) is 63.3 cm³/mol. The molecular weight excluding hydrogens is 222 g/mol. The molecule has 0 fully saturated rings. The van der Waals surface area contributed by atoms with Crippen LogP contribution in [0.5, 0.6) is 0 Å². The average molecular weight is 241 g/mol. The van der Waals surface area contributed by atoms with Gasteiger partial charge in [-0.2, -0.15) is 0 Å². The molecule has 2 N–H and O–H groups in total. The smallest absolute Gasteiger partial charge is 0.244 e. The molecule has 0 spiro atoms. The minimum absolute atomic E-state index is 0.0870. The summed E-state index contributed by atoms with van der Waals surface area (Å²) in [6.07, 6.45) is 0.986. The van der Waals surface area contributed by atoms with Crippen molar-refractivity contribution in [1.29, 1.82) is 0 Å². The maximum absolute atomic E-state index is 11.9. The number of carbonyl (C=O) groups is 3. The van der Waals surface area contributed by atoms with Gasteiger partial charge in [-0.05, 0) is 26.8 Å². The molecule has 0 aliphatic carbocycles. The summed E-state index contributed by atoms with van der Waals surface area (Å²) < 4.78 is 0. The summed E-state index contributed by atoms with van der Waals surface area (Å²) in [6.45, 7) is 7.34. The fourth-order valence-electron chi connectivity index (χ4n) is 1.24. The molecule has 0 aromatic rings. The first-order valence-electron chi connectivity index (χ1n) is 5.33. The Kier molecular flexibility index (Phi) is 5.74. The summed E-state index contributed by atoms with van der Waals surface area (Å²) in [4.78, 5) is 34.1. The Labute approximate surface area is 101 Å². The molecule has 0 radical (unpaired) electrons. The van der Waals surface area contributed by atoms with E-state index in [0.29, 0.717) is 0 Å². The van der Waals surface area contributed by atoms with Gasteiger partial charge in [-0.1, -0.05) is 6.58 Å². The Morgan fingerprint density at radius 2 is 1.94 bits per heavy atom. The number of aliphatic hydroxyl groups is 1. The van der Waals surface area contributed by atoms with Crippen LogP contribution < -0.4 is 5.32 Å². The Bertz CT molecular complexity index is 333. The topological polar surface area (TPSA) is 83.5 Å². The lowest BCUT2D eigenvalue weighted by atomic mass is 9.89. The van der Waals surface area contributed by atoms with Crippen LogP contribution in [-0.4, -0.2) is 34.7 Å². The quantitative estimate of drug-likeness (QED) is 0.625.